The van der Waals surface area contributed by atoms with Crippen LogP contribution in [0.15, 0.2) is 24.7 Å². The molecule has 0 saturated carbocycles. The third-order valence-electron chi connectivity index (χ3n) is 3.17. The van der Waals surface area contributed by atoms with Crippen molar-refractivity contribution in [1.29, 1.82) is 0 Å². The lowest BCUT2D eigenvalue weighted by Gasteiger charge is -2.21. The summed E-state index contributed by atoms with van der Waals surface area (Å²) in [6.07, 6.45) is 3.73. The molecular formula is C15H25N5. The van der Waals surface area contributed by atoms with Gasteiger partial charge in [0, 0.05) is 30.0 Å². The first-order valence-electron chi connectivity index (χ1n) is 7.14. The monoisotopic (exact) mass is 275 g/mol. The maximum atomic E-state index is 4.37. The first-order valence-corrected chi connectivity index (χ1v) is 7.14. The van der Waals surface area contributed by atoms with Gasteiger partial charge in [0.25, 0.3) is 0 Å². The molecule has 0 spiro atoms. The summed E-state index contributed by atoms with van der Waals surface area (Å²) in [6.45, 7) is 12.4. The first kappa shape index (κ1) is 14.8. The van der Waals surface area contributed by atoms with Crippen molar-refractivity contribution >= 4 is 0 Å². The molecule has 5 nitrogen and oxygen atoms in total. The van der Waals surface area contributed by atoms with Crippen LogP contribution in [-0.4, -0.2) is 24.9 Å². The fraction of sp³-hybridized carbons (Fsp3) is 0.600. The molecule has 2 heterocycles. The molecule has 2 aromatic rings. The molecule has 0 amide bonds. The highest BCUT2D eigenvalue weighted by atomic mass is 15.4. The van der Waals surface area contributed by atoms with Crippen molar-refractivity contribution in [1.82, 2.24) is 24.6 Å². The third-order valence-corrected chi connectivity index (χ3v) is 3.17. The van der Waals surface area contributed by atoms with Gasteiger partial charge < -0.3 is 9.88 Å². The van der Waals surface area contributed by atoms with Crippen molar-refractivity contribution in [3.63, 3.8) is 0 Å². The van der Waals surface area contributed by atoms with Crippen LogP contribution >= 0.6 is 0 Å². The van der Waals surface area contributed by atoms with Gasteiger partial charge in [-0.05, 0) is 46.8 Å². The number of nitrogens with one attached hydrogen (secondary N) is 1. The summed E-state index contributed by atoms with van der Waals surface area (Å²) in [4.78, 5) is 4.37. The predicted octanol–water partition coefficient (Wildman–Crippen LogP) is 2.60. The maximum absolute atomic E-state index is 4.37. The summed E-state index contributed by atoms with van der Waals surface area (Å²) in [6, 6.07) is 4.56. The molecule has 110 valence electrons. The first-order chi connectivity index (χ1) is 9.37. The second-order valence-electron chi connectivity index (χ2n) is 6.45. The summed E-state index contributed by atoms with van der Waals surface area (Å²) >= 11 is 0. The van der Waals surface area contributed by atoms with Gasteiger partial charge >= 0.3 is 0 Å². The van der Waals surface area contributed by atoms with Crippen LogP contribution in [-0.2, 0) is 13.1 Å². The average Bonchev–Trinajstić information content (AvgIpc) is 2.95. The largest absolute Gasteiger partial charge is 0.343 e. The minimum atomic E-state index is 0.118. The Balaban J connectivity index is 2.10. The third kappa shape index (κ3) is 3.70. The van der Waals surface area contributed by atoms with E-state index < -0.39 is 0 Å². The SMILES string of the molecule is CC(C)n1ncnc1Cn1cccc1CNC(C)(C)C. The van der Waals surface area contributed by atoms with E-state index in [0.717, 1.165) is 18.9 Å². The van der Waals surface area contributed by atoms with Crippen molar-refractivity contribution in [2.75, 3.05) is 0 Å². The van der Waals surface area contributed by atoms with Crippen molar-refractivity contribution in [2.45, 2.75) is 59.3 Å². The van der Waals surface area contributed by atoms with Crippen LogP contribution in [0.25, 0.3) is 0 Å². The summed E-state index contributed by atoms with van der Waals surface area (Å²) in [5.41, 5.74) is 1.38. The lowest BCUT2D eigenvalue weighted by molar-refractivity contribution is 0.415. The number of aromatic nitrogens is 4. The van der Waals surface area contributed by atoms with Gasteiger partial charge in [-0.2, -0.15) is 5.10 Å². The van der Waals surface area contributed by atoms with Crippen molar-refractivity contribution in [3.05, 3.63) is 36.2 Å². The molecule has 0 aromatic carbocycles. The summed E-state index contributed by atoms with van der Waals surface area (Å²) < 4.78 is 4.20. The second-order valence-corrected chi connectivity index (χ2v) is 6.45. The molecule has 0 saturated heterocycles. The summed E-state index contributed by atoms with van der Waals surface area (Å²) in [5, 5.41) is 7.81. The van der Waals surface area contributed by atoms with E-state index in [1.165, 1.54) is 5.69 Å². The van der Waals surface area contributed by atoms with Gasteiger partial charge in [0.1, 0.15) is 12.2 Å². The Labute approximate surface area is 121 Å². The van der Waals surface area contributed by atoms with Crippen LogP contribution in [0.2, 0.25) is 0 Å². The second kappa shape index (κ2) is 5.79. The highest BCUT2D eigenvalue weighted by Gasteiger charge is 2.12. The lowest BCUT2D eigenvalue weighted by atomic mass is 10.1. The Morgan fingerprint density at radius 1 is 1.30 bits per heavy atom. The van der Waals surface area contributed by atoms with Crippen LogP contribution in [0.4, 0.5) is 0 Å². The van der Waals surface area contributed by atoms with Crippen LogP contribution in [0.5, 0.6) is 0 Å². The zero-order valence-corrected chi connectivity index (χ0v) is 13.1. The van der Waals surface area contributed by atoms with Gasteiger partial charge in [-0.1, -0.05) is 0 Å². The van der Waals surface area contributed by atoms with E-state index in [2.05, 4.69) is 72.9 Å². The van der Waals surface area contributed by atoms with E-state index >= 15 is 0 Å². The van der Waals surface area contributed by atoms with E-state index in [4.69, 9.17) is 0 Å². The van der Waals surface area contributed by atoms with Gasteiger partial charge in [0.15, 0.2) is 0 Å². The van der Waals surface area contributed by atoms with Crippen molar-refractivity contribution in [3.8, 4) is 0 Å². The molecule has 0 atom stereocenters. The van der Waals surface area contributed by atoms with Crippen LogP contribution in [0.3, 0.4) is 0 Å². The van der Waals surface area contributed by atoms with E-state index in [1.54, 1.807) is 6.33 Å². The standard InChI is InChI=1S/C15H25N5/c1-12(2)20-14(16-11-18-20)10-19-8-6-7-13(19)9-17-15(3,4)5/h6-8,11-12,17H,9-10H2,1-5H3. The Kier molecular flexibility index (Phi) is 4.28. The fourth-order valence-corrected chi connectivity index (χ4v) is 2.09. The Morgan fingerprint density at radius 2 is 2.05 bits per heavy atom. The molecule has 0 aliphatic heterocycles. The Bertz CT molecular complexity index is 545. The molecule has 0 bridgehead atoms. The van der Waals surface area contributed by atoms with Crippen LogP contribution in [0.1, 0.15) is 52.2 Å². The maximum Gasteiger partial charge on any atom is 0.147 e. The van der Waals surface area contributed by atoms with E-state index in [-0.39, 0.29) is 5.54 Å². The Hall–Kier alpha value is -1.62. The van der Waals surface area contributed by atoms with Crippen molar-refractivity contribution in [2.24, 2.45) is 0 Å². The molecule has 0 fully saturated rings. The predicted molar refractivity (Wildman–Crippen MR) is 80.5 cm³/mol. The highest BCUT2D eigenvalue weighted by Crippen LogP contribution is 2.11. The molecule has 2 aromatic heterocycles. The normalized spacial score (nSPS) is 12.3. The van der Waals surface area contributed by atoms with Gasteiger partial charge in [-0.3, -0.25) is 0 Å². The smallest absolute Gasteiger partial charge is 0.147 e. The molecule has 0 aliphatic rings. The number of rotatable bonds is 5. The lowest BCUT2D eigenvalue weighted by Crippen LogP contribution is -2.35. The molecule has 0 aliphatic carbocycles. The summed E-state index contributed by atoms with van der Waals surface area (Å²) in [5.74, 6) is 0.994. The van der Waals surface area contributed by atoms with Crippen LogP contribution in [0, 0.1) is 0 Å². The Morgan fingerprint density at radius 3 is 2.70 bits per heavy atom. The van der Waals surface area contributed by atoms with E-state index in [0.29, 0.717) is 6.04 Å². The van der Waals surface area contributed by atoms with E-state index in [1.807, 2.05) is 4.68 Å². The quantitative estimate of drug-likeness (QED) is 0.912. The van der Waals surface area contributed by atoms with Gasteiger partial charge in [-0.15, -0.1) is 0 Å². The highest BCUT2D eigenvalue weighted by molar-refractivity contribution is 5.09. The average molecular weight is 275 g/mol. The van der Waals surface area contributed by atoms with Gasteiger partial charge in [-0.25, -0.2) is 9.67 Å². The zero-order valence-electron chi connectivity index (χ0n) is 13.1. The minimum Gasteiger partial charge on any atom is -0.343 e. The molecular weight excluding hydrogens is 250 g/mol. The molecule has 2 rings (SSSR count). The summed E-state index contributed by atoms with van der Waals surface area (Å²) in [7, 11) is 0. The van der Waals surface area contributed by atoms with E-state index in [9.17, 15) is 0 Å². The molecule has 20 heavy (non-hydrogen) atoms. The molecule has 5 heteroatoms. The van der Waals surface area contributed by atoms with Crippen LogP contribution < -0.4 is 5.32 Å². The number of hydrogen-bond donors (Lipinski definition) is 1. The fourth-order valence-electron chi connectivity index (χ4n) is 2.09. The minimum absolute atomic E-state index is 0.118. The number of nitrogens with zero attached hydrogens (tertiary/aromatic N) is 4. The topological polar surface area (TPSA) is 47.7 Å². The zero-order chi connectivity index (χ0) is 14.8. The van der Waals surface area contributed by atoms with Gasteiger partial charge in [0.2, 0.25) is 0 Å². The molecule has 1 N–H and O–H groups in total. The number of hydrogen-bond acceptors (Lipinski definition) is 3. The van der Waals surface area contributed by atoms with Gasteiger partial charge in [0.05, 0.1) is 6.54 Å². The molecule has 0 unspecified atom stereocenters. The van der Waals surface area contributed by atoms with Crippen molar-refractivity contribution < 1.29 is 0 Å². The molecule has 0 radical (unpaired) electrons.